The normalized spacial score (nSPS) is 14.8. The molecule has 0 bridgehead atoms. The SMILES string of the molecule is Cc1cccc(Cn2c(OC3CCN(C(=O)c4ccco4)CC3)nc3ccccc32)c1. The molecule has 6 heteroatoms. The van der Waals surface area contributed by atoms with E-state index in [1.165, 1.54) is 17.4 Å². The summed E-state index contributed by atoms with van der Waals surface area (Å²) in [7, 11) is 0. The van der Waals surface area contributed by atoms with E-state index in [4.69, 9.17) is 14.1 Å². The van der Waals surface area contributed by atoms with Gasteiger partial charge < -0.3 is 14.1 Å². The Kier molecular flexibility index (Phi) is 5.20. The maximum Gasteiger partial charge on any atom is 0.297 e. The number of furan rings is 1. The van der Waals surface area contributed by atoms with Crippen LogP contribution in [0.25, 0.3) is 11.0 Å². The fourth-order valence-corrected chi connectivity index (χ4v) is 4.17. The monoisotopic (exact) mass is 415 g/mol. The van der Waals surface area contributed by atoms with Crippen molar-refractivity contribution in [2.24, 2.45) is 0 Å². The molecule has 1 fully saturated rings. The van der Waals surface area contributed by atoms with Crippen LogP contribution in [0.4, 0.5) is 0 Å². The molecule has 1 aliphatic heterocycles. The van der Waals surface area contributed by atoms with E-state index in [1.54, 1.807) is 12.1 Å². The van der Waals surface area contributed by atoms with Crippen LogP contribution >= 0.6 is 0 Å². The molecule has 0 saturated carbocycles. The average Bonchev–Trinajstić information content (AvgIpc) is 3.43. The predicted molar refractivity (Wildman–Crippen MR) is 118 cm³/mol. The number of rotatable bonds is 5. The summed E-state index contributed by atoms with van der Waals surface area (Å²) in [5.74, 6) is 0.328. The number of hydrogen-bond donors (Lipinski definition) is 0. The van der Waals surface area contributed by atoms with Crippen molar-refractivity contribution < 1.29 is 13.9 Å². The van der Waals surface area contributed by atoms with E-state index in [2.05, 4.69) is 41.8 Å². The van der Waals surface area contributed by atoms with Crippen LogP contribution in [0.5, 0.6) is 6.01 Å². The van der Waals surface area contributed by atoms with E-state index in [1.807, 2.05) is 23.1 Å². The lowest BCUT2D eigenvalue weighted by molar-refractivity contribution is 0.0545. The Morgan fingerprint density at radius 2 is 1.94 bits per heavy atom. The van der Waals surface area contributed by atoms with Crippen LogP contribution < -0.4 is 4.74 Å². The van der Waals surface area contributed by atoms with Gasteiger partial charge in [-0.05, 0) is 36.8 Å². The summed E-state index contributed by atoms with van der Waals surface area (Å²) in [6.45, 7) is 4.09. The lowest BCUT2D eigenvalue weighted by atomic mass is 10.1. The van der Waals surface area contributed by atoms with Crippen molar-refractivity contribution in [3.8, 4) is 6.01 Å². The number of ether oxygens (including phenoxy) is 1. The molecular formula is C25H25N3O3. The number of nitrogens with zero attached hydrogens (tertiary/aromatic N) is 3. The highest BCUT2D eigenvalue weighted by molar-refractivity contribution is 5.91. The van der Waals surface area contributed by atoms with Crippen LogP contribution in [0.1, 0.15) is 34.5 Å². The topological polar surface area (TPSA) is 60.5 Å². The number of amides is 1. The van der Waals surface area contributed by atoms with Gasteiger partial charge in [0, 0.05) is 25.9 Å². The minimum absolute atomic E-state index is 0.0220. The predicted octanol–water partition coefficient (Wildman–Crippen LogP) is 4.67. The van der Waals surface area contributed by atoms with E-state index in [-0.39, 0.29) is 12.0 Å². The highest BCUT2D eigenvalue weighted by Crippen LogP contribution is 2.26. The molecule has 4 aromatic rings. The molecule has 1 amide bonds. The van der Waals surface area contributed by atoms with Crippen LogP contribution in [0.15, 0.2) is 71.3 Å². The number of carbonyl (C=O) groups excluding carboxylic acids is 1. The lowest BCUT2D eigenvalue weighted by Gasteiger charge is -2.31. The molecule has 2 aromatic carbocycles. The van der Waals surface area contributed by atoms with Crippen LogP contribution in [0.3, 0.4) is 0 Å². The zero-order valence-electron chi connectivity index (χ0n) is 17.5. The minimum atomic E-state index is -0.0601. The molecule has 0 atom stereocenters. The third kappa shape index (κ3) is 4.06. The van der Waals surface area contributed by atoms with Crippen molar-refractivity contribution in [3.05, 3.63) is 83.8 Å². The number of aromatic nitrogens is 2. The van der Waals surface area contributed by atoms with Crippen LogP contribution in [-0.4, -0.2) is 39.6 Å². The third-order valence-corrected chi connectivity index (χ3v) is 5.78. The van der Waals surface area contributed by atoms with Crippen LogP contribution in [0, 0.1) is 6.92 Å². The van der Waals surface area contributed by atoms with E-state index in [9.17, 15) is 4.79 Å². The molecule has 5 rings (SSSR count). The molecule has 0 N–H and O–H groups in total. The molecule has 6 nitrogen and oxygen atoms in total. The van der Waals surface area contributed by atoms with E-state index >= 15 is 0 Å². The van der Waals surface area contributed by atoms with Gasteiger partial charge in [-0.3, -0.25) is 9.36 Å². The van der Waals surface area contributed by atoms with Gasteiger partial charge in [0.2, 0.25) is 0 Å². The third-order valence-electron chi connectivity index (χ3n) is 5.78. The zero-order chi connectivity index (χ0) is 21.2. The van der Waals surface area contributed by atoms with Crippen molar-refractivity contribution in [1.29, 1.82) is 0 Å². The first-order valence-electron chi connectivity index (χ1n) is 10.7. The Hall–Kier alpha value is -3.54. The Morgan fingerprint density at radius 3 is 2.71 bits per heavy atom. The van der Waals surface area contributed by atoms with Gasteiger partial charge >= 0.3 is 0 Å². The fourth-order valence-electron chi connectivity index (χ4n) is 4.17. The molecule has 1 saturated heterocycles. The van der Waals surface area contributed by atoms with Gasteiger partial charge in [0.15, 0.2) is 5.76 Å². The zero-order valence-corrected chi connectivity index (χ0v) is 17.5. The van der Waals surface area contributed by atoms with Crippen molar-refractivity contribution in [2.45, 2.75) is 32.4 Å². The summed E-state index contributed by atoms with van der Waals surface area (Å²) in [5.41, 5.74) is 4.44. The second-order valence-electron chi connectivity index (χ2n) is 8.05. The Bertz CT molecular complexity index is 1190. The summed E-state index contributed by atoms with van der Waals surface area (Å²) in [6.07, 6.45) is 3.08. The van der Waals surface area contributed by atoms with E-state index in [0.717, 1.165) is 23.9 Å². The first kappa shape index (κ1) is 19.4. The van der Waals surface area contributed by atoms with Gasteiger partial charge in [0.1, 0.15) is 6.10 Å². The highest BCUT2D eigenvalue weighted by atomic mass is 16.5. The van der Waals surface area contributed by atoms with Gasteiger partial charge in [0.05, 0.1) is 23.8 Å². The quantitative estimate of drug-likeness (QED) is 0.475. The molecule has 1 aliphatic rings. The van der Waals surface area contributed by atoms with Gasteiger partial charge in [-0.2, -0.15) is 4.98 Å². The fraction of sp³-hybridized carbons (Fsp3) is 0.280. The summed E-state index contributed by atoms with van der Waals surface area (Å²) < 4.78 is 13.8. The van der Waals surface area contributed by atoms with Crippen molar-refractivity contribution in [2.75, 3.05) is 13.1 Å². The summed E-state index contributed by atoms with van der Waals surface area (Å²) in [6, 6.07) is 20.7. The van der Waals surface area contributed by atoms with Crippen molar-refractivity contribution >= 4 is 16.9 Å². The number of imidazole rings is 1. The summed E-state index contributed by atoms with van der Waals surface area (Å²) in [5, 5.41) is 0. The average molecular weight is 415 g/mol. The molecule has 31 heavy (non-hydrogen) atoms. The number of aryl methyl sites for hydroxylation is 1. The Balaban J connectivity index is 1.33. The maximum atomic E-state index is 12.5. The maximum absolute atomic E-state index is 12.5. The van der Waals surface area contributed by atoms with Crippen LogP contribution in [0.2, 0.25) is 0 Å². The smallest absolute Gasteiger partial charge is 0.297 e. The lowest BCUT2D eigenvalue weighted by Crippen LogP contribution is -2.41. The largest absolute Gasteiger partial charge is 0.461 e. The van der Waals surface area contributed by atoms with E-state index < -0.39 is 0 Å². The first-order chi connectivity index (χ1) is 15.2. The molecule has 0 unspecified atom stereocenters. The number of fused-ring (bicyclic) bond motifs is 1. The van der Waals surface area contributed by atoms with Gasteiger partial charge in [-0.15, -0.1) is 0 Å². The van der Waals surface area contributed by atoms with Crippen molar-refractivity contribution in [3.63, 3.8) is 0 Å². The summed E-state index contributed by atoms with van der Waals surface area (Å²) in [4.78, 5) is 19.1. The number of piperidine rings is 1. The minimum Gasteiger partial charge on any atom is -0.461 e. The molecule has 0 spiro atoms. The van der Waals surface area contributed by atoms with E-state index in [0.29, 0.717) is 31.4 Å². The number of likely N-dealkylation sites (tertiary alicyclic amines) is 1. The molecule has 0 radical (unpaired) electrons. The van der Waals surface area contributed by atoms with Gasteiger partial charge in [-0.1, -0.05) is 42.0 Å². The molecule has 0 aliphatic carbocycles. The molecule has 2 aromatic heterocycles. The number of hydrogen-bond acceptors (Lipinski definition) is 4. The Labute approximate surface area is 181 Å². The second-order valence-corrected chi connectivity index (χ2v) is 8.05. The van der Waals surface area contributed by atoms with Gasteiger partial charge in [0.25, 0.3) is 11.9 Å². The molecule has 158 valence electrons. The van der Waals surface area contributed by atoms with Gasteiger partial charge in [-0.25, -0.2) is 0 Å². The number of benzene rings is 2. The van der Waals surface area contributed by atoms with Crippen molar-refractivity contribution in [1.82, 2.24) is 14.5 Å². The Morgan fingerprint density at radius 1 is 1.10 bits per heavy atom. The number of carbonyl (C=O) groups is 1. The summed E-state index contributed by atoms with van der Waals surface area (Å²) >= 11 is 0. The second kappa shape index (κ2) is 8.30. The first-order valence-corrected chi connectivity index (χ1v) is 10.7. The standard InChI is InChI=1S/C25H25N3O3/c1-18-6-4-7-19(16-18)17-28-22-9-3-2-8-21(22)26-25(28)31-20-11-13-27(14-12-20)24(29)23-10-5-15-30-23/h2-10,15-16,20H,11-14,17H2,1H3. The molecular weight excluding hydrogens is 390 g/mol. The number of para-hydroxylation sites is 2. The molecule has 3 heterocycles. The highest BCUT2D eigenvalue weighted by Gasteiger charge is 2.27. The van der Waals surface area contributed by atoms with Crippen LogP contribution in [-0.2, 0) is 6.54 Å².